The summed E-state index contributed by atoms with van der Waals surface area (Å²) in [5.41, 5.74) is 2.07. The number of amides is 1. The molecule has 0 bridgehead atoms. The lowest BCUT2D eigenvalue weighted by atomic mass is 9.76. The molecule has 1 aliphatic heterocycles. The Bertz CT molecular complexity index is 920. The van der Waals surface area contributed by atoms with Crippen LogP contribution in [0.5, 0.6) is 0 Å². The third-order valence-corrected chi connectivity index (χ3v) is 7.49. The molecule has 1 aromatic heterocycles. The van der Waals surface area contributed by atoms with Crippen LogP contribution in [0.25, 0.3) is 0 Å². The van der Waals surface area contributed by atoms with Gasteiger partial charge < -0.3 is 14.6 Å². The Labute approximate surface area is 197 Å². The minimum absolute atomic E-state index is 0.115. The average molecular weight is 452 g/mol. The van der Waals surface area contributed by atoms with E-state index in [-0.39, 0.29) is 29.7 Å². The quantitative estimate of drug-likeness (QED) is 0.598. The van der Waals surface area contributed by atoms with E-state index in [0.29, 0.717) is 31.2 Å². The van der Waals surface area contributed by atoms with E-state index in [1.165, 1.54) is 12.0 Å². The number of aromatic nitrogens is 1. The maximum Gasteiger partial charge on any atom is 0.227 e. The Kier molecular flexibility index (Phi) is 7.97. The van der Waals surface area contributed by atoms with Gasteiger partial charge in [0.05, 0.1) is 11.7 Å². The predicted octanol–water partition coefficient (Wildman–Crippen LogP) is 4.69. The van der Waals surface area contributed by atoms with Crippen LogP contribution in [0, 0.1) is 11.8 Å². The van der Waals surface area contributed by atoms with E-state index in [9.17, 15) is 9.59 Å². The van der Waals surface area contributed by atoms with E-state index in [2.05, 4.69) is 17.4 Å². The van der Waals surface area contributed by atoms with Gasteiger partial charge in [0.2, 0.25) is 11.8 Å². The van der Waals surface area contributed by atoms with Crippen LogP contribution in [0.15, 0.2) is 41.0 Å². The molecule has 2 fully saturated rings. The maximum absolute atomic E-state index is 13.9. The molecule has 1 aromatic carbocycles. The predicted molar refractivity (Wildman–Crippen MR) is 128 cm³/mol. The molecule has 33 heavy (non-hydrogen) atoms. The van der Waals surface area contributed by atoms with Crippen molar-refractivity contribution in [3.63, 3.8) is 0 Å². The number of carbonyl (C=O) groups excluding carboxylic acids is 2. The van der Waals surface area contributed by atoms with Crippen LogP contribution in [0.1, 0.15) is 81.5 Å². The van der Waals surface area contributed by atoms with Crippen molar-refractivity contribution in [1.29, 1.82) is 0 Å². The average Bonchev–Trinajstić information content (AvgIpc) is 3.52. The molecule has 1 saturated heterocycles. The number of likely N-dealkylation sites (tertiary alicyclic amines) is 1. The fourth-order valence-corrected chi connectivity index (χ4v) is 5.41. The largest absolute Gasteiger partial charge is 0.446 e. The highest BCUT2D eigenvalue weighted by molar-refractivity contribution is 5.90. The molecular formula is C27H37N3O3. The van der Waals surface area contributed by atoms with Crippen molar-refractivity contribution in [2.75, 3.05) is 13.6 Å². The Morgan fingerprint density at radius 3 is 2.61 bits per heavy atom. The molecular weight excluding hydrogens is 414 g/mol. The zero-order valence-electron chi connectivity index (χ0n) is 20.0. The van der Waals surface area contributed by atoms with Crippen molar-refractivity contribution in [2.45, 2.75) is 76.8 Å². The number of hydrogen-bond acceptors (Lipinski definition) is 5. The number of rotatable bonds is 9. The topological polar surface area (TPSA) is 75.4 Å². The van der Waals surface area contributed by atoms with Crippen molar-refractivity contribution in [2.24, 2.45) is 11.8 Å². The summed E-state index contributed by atoms with van der Waals surface area (Å²) in [6, 6.07) is 9.85. The second-order valence-corrected chi connectivity index (χ2v) is 9.71. The van der Waals surface area contributed by atoms with Crippen LogP contribution in [-0.2, 0) is 16.0 Å². The molecule has 178 valence electrons. The molecule has 2 heterocycles. The summed E-state index contributed by atoms with van der Waals surface area (Å²) in [4.78, 5) is 33.4. The number of ketones is 1. The highest BCUT2D eigenvalue weighted by Crippen LogP contribution is 2.38. The first kappa shape index (κ1) is 23.7. The van der Waals surface area contributed by atoms with Crippen molar-refractivity contribution in [3.8, 4) is 0 Å². The second-order valence-electron chi connectivity index (χ2n) is 9.71. The lowest BCUT2D eigenvalue weighted by molar-refractivity contribution is -0.142. The van der Waals surface area contributed by atoms with Gasteiger partial charge in [-0.2, -0.15) is 0 Å². The molecule has 2 aliphatic rings. The van der Waals surface area contributed by atoms with E-state index in [1.807, 2.05) is 30.0 Å². The minimum atomic E-state index is -0.243. The lowest BCUT2D eigenvalue weighted by Gasteiger charge is -2.34. The van der Waals surface area contributed by atoms with Gasteiger partial charge in [0.15, 0.2) is 0 Å². The van der Waals surface area contributed by atoms with E-state index in [4.69, 9.17) is 9.40 Å². The number of carbonyl (C=O) groups is 2. The number of benzene rings is 1. The number of nitrogens with one attached hydrogen (secondary N) is 1. The molecule has 4 rings (SSSR count). The molecule has 0 spiro atoms. The summed E-state index contributed by atoms with van der Waals surface area (Å²) in [5, 5.41) is 3.04. The van der Waals surface area contributed by atoms with Gasteiger partial charge in [0, 0.05) is 25.3 Å². The van der Waals surface area contributed by atoms with Gasteiger partial charge in [-0.1, -0.05) is 49.6 Å². The third kappa shape index (κ3) is 5.72. The summed E-state index contributed by atoms with van der Waals surface area (Å²) in [7, 11) is 1.80. The molecule has 1 amide bonds. The number of likely N-dealkylation sites (N-methyl/N-ethyl adjacent to an activating group) is 1. The molecule has 3 atom stereocenters. The van der Waals surface area contributed by atoms with Crippen LogP contribution >= 0.6 is 0 Å². The van der Waals surface area contributed by atoms with Crippen LogP contribution in [0.2, 0.25) is 0 Å². The Balaban J connectivity index is 1.50. The second kappa shape index (κ2) is 11.1. The zero-order valence-corrected chi connectivity index (χ0v) is 20.0. The molecule has 0 radical (unpaired) electrons. The lowest BCUT2D eigenvalue weighted by Crippen LogP contribution is -2.42. The molecule has 6 heteroatoms. The maximum atomic E-state index is 13.9. The molecule has 0 unspecified atom stereocenters. The summed E-state index contributed by atoms with van der Waals surface area (Å²) in [5.74, 6) is 0.915. The smallest absolute Gasteiger partial charge is 0.227 e. The van der Waals surface area contributed by atoms with Crippen molar-refractivity contribution < 1.29 is 14.0 Å². The summed E-state index contributed by atoms with van der Waals surface area (Å²) in [6.07, 6.45) is 10.1. The van der Waals surface area contributed by atoms with Crippen LogP contribution in [0.3, 0.4) is 0 Å². The molecule has 1 saturated carbocycles. The van der Waals surface area contributed by atoms with Crippen LogP contribution < -0.4 is 5.32 Å². The normalized spacial score (nSPS) is 21.2. The van der Waals surface area contributed by atoms with Crippen molar-refractivity contribution in [1.82, 2.24) is 15.2 Å². The number of hydrogen-bond donors (Lipinski definition) is 1. The van der Waals surface area contributed by atoms with Gasteiger partial charge in [-0.25, -0.2) is 4.98 Å². The molecule has 2 aromatic rings. The van der Waals surface area contributed by atoms with Gasteiger partial charge in [0.25, 0.3) is 0 Å². The number of nitrogens with zero attached hydrogens (tertiary/aromatic N) is 2. The summed E-state index contributed by atoms with van der Waals surface area (Å²) < 4.78 is 5.88. The fraction of sp³-hybridized carbons (Fsp3) is 0.593. The highest BCUT2D eigenvalue weighted by Gasteiger charge is 2.40. The standard InChI is InChI=1S/C27H37N3O3/c1-19(28-2)25(31)17-23(21-12-7-4-8-13-21)27(32)30-15-9-14-24(30)26-29-22(18-33-26)16-20-10-5-3-6-11-20/h3,5-6,10-11,18-19,21,23-24,28H,4,7-9,12-17H2,1-2H3/t19-,23-,24-/m0/s1. The number of oxazole rings is 1. The first-order chi connectivity index (χ1) is 16.1. The molecule has 6 nitrogen and oxygen atoms in total. The Morgan fingerprint density at radius 2 is 1.88 bits per heavy atom. The minimum Gasteiger partial charge on any atom is -0.446 e. The van der Waals surface area contributed by atoms with Gasteiger partial charge in [-0.3, -0.25) is 9.59 Å². The van der Waals surface area contributed by atoms with Gasteiger partial charge in [0.1, 0.15) is 18.1 Å². The zero-order chi connectivity index (χ0) is 23.2. The van der Waals surface area contributed by atoms with Crippen LogP contribution in [-0.4, -0.2) is 41.2 Å². The summed E-state index contributed by atoms with van der Waals surface area (Å²) in [6.45, 7) is 2.59. The molecule has 1 aliphatic carbocycles. The first-order valence-corrected chi connectivity index (χ1v) is 12.6. The fourth-order valence-electron chi connectivity index (χ4n) is 5.41. The van der Waals surface area contributed by atoms with Crippen LogP contribution in [0.4, 0.5) is 0 Å². The summed E-state index contributed by atoms with van der Waals surface area (Å²) >= 11 is 0. The number of Topliss-reactive ketones (excluding diaryl/α,β-unsaturated/α-hetero) is 1. The monoisotopic (exact) mass is 451 g/mol. The third-order valence-electron chi connectivity index (χ3n) is 7.49. The van der Waals surface area contributed by atoms with E-state index >= 15 is 0 Å². The van der Waals surface area contributed by atoms with E-state index in [0.717, 1.165) is 44.2 Å². The van der Waals surface area contributed by atoms with Crippen molar-refractivity contribution >= 4 is 11.7 Å². The van der Waals surface area contributed by atoms with Crippen molar-refractivity contribution in [3.05, 3.63) is 53.7 Å². The van der Waals surface area contributed by atoms with Gasteiger partial charge >= 0.3 is 0 Å². The van der Waals surface area contributed by atoms with E-state index in [1.54, 1.807) is 13.3 Å². The Hall–Kier alpha value is -2.47. The van der Waals surface area contributed by atoms with Gasteiger partial charge in [-0.15, -0.1) is 0 Å². The first-order valence-electron chi connectivity index (χ1n) is 12.6. The highest BCUT2D eigenvalue weighted by atomic mass is 16.3. The Morgan fingerprint density at radius 1 is 1.12 bits per heavy atom. The van der Waals surface area contributed by atoms with Gasteiger partial charge in [-0.05, 0) is 51.1 Å². The van der Waals surface area contributed by atoms with E-state index < -0.39 is 0 Å². The molecule has 1 N–H and O–H groups in total. The SMILES string of the molecule is CN[C@@H](C)C(=O)C[C@H](C(=O)N1CCC[C@H]1c1nc(Cc2ccccc2)co1)C1CCCCC1.